The van der Waals surface area contributed by atoms with Crippen molar-refractivity contribution < 1.29 is 9.90 Å². The predicted molar refractivity (Wildman–Crippen MR) is 83.8 cm³/mol. The number of aromatic carboxylic acids is 1. The van der Waals surface area contributed by atoms with Crippen molar-refractivity contribution >= 4 is 29.3 Å². The number of nitrogens with zero attached hydrogens (tertiary/aromatic N) is 1. The molecule has 0 spiro atoms. The smallest absolute Gasteiger partial charge is 0.354 e. The quantitative estimate of drug-likeness (QED) is 0.799. The van der Waals surface area contributed by atoms with Crippen LogP contribution in [0.4, 0.5) is 0 Å². The van der Waals surface area contributed by atoms with Crippen molar-refractivity contribution in [2.75, 3.05) is 0 Å². The van der Waals surface area contributed by atoms with E-state index in [2.05, 4.69) is 11.9 Å². The first-order valence-electron chi connectivity index (χ1n) is 6.84. The number of carboxylic acid groups (broad SMARTS) is 1. The second-order valence-corrected chi connectivity index (χ2v) is 4.80. The third-order valence-corrected chi connectivity index (χ3v) is 3.32. The standard InChI is InChI=1S/C16H19NO2.ClH/c1-2-3-4-5-8-12-11-15(16(18)19)17-14-10-7-6-9-13(12)14;/h6-7,9-11H,2-5,8H2,1H3,(H,18,19);1H. The molecule has 0 saturated heterocycles. The van der Waals surface area contributed by atoms with Gasteiger partial charge in [-0.05, 0) is 30.5 Å². The van der Waals surface area contributed by atoms with E-state index in [0.717, 1.165) is 29.3 Å². The van der Waals surface area contributed by atoms with E-state index in [-0.39, 0.29) is 18.1 Å². The fourth-order valence-electron chi connectivity index (χ4n) is 2.31. The highest BCUT2D eigenvalue weighted by Crippen LogP contribution is 2.20. The molecule has 0 aliphatic heterocycles. The molecule has 0 fully saturated rings. The van der Waals surface area contributed by atoms with Gasteiger partial charge in [-0.25, -0.2) is 9.78 Å². The summed E-state index contributed by atoms with van der Waals surface area (Å²) >= 11 is 0. The first-order valence-corrected chi connectivity index (χ1v) is 6.84. The number of fused-ring (bicyclic) bond motifs is 1. The van der Waals surface area contributed by atoms with Gasteiger partial charge in [-0.2, -0.15) is 0 Å². The number of halogens is 1. The molecule has 1 heterocycles. The molecule has 0 saturated carbocycles. The number of rotatable bonds is 6. The van der Waals surface area contributed by atoms with Gasteiger partial charge in [0.1, 0.15) is 5.69 Å². The van der Waals surface area contributed by atoms with Crippen LogP contribution in [-0.4, -0.2) is 16.1 Å². The molecule has 0 bridgehead atoms. The van der Waals surface area contributed by atoms with Gasteiger partial charge in [0.05, 0.1) is 5.52 Å². The lowest BCUT2D eigenvalue weighted by atomic mass is 10.0. The van der Waals surface area contributed by atoms with Crippen LogP contribution in [0.1, 0.15) is 48.7 Å². The Morgan fingerprint density at radius 3 is 2.65 bits per heavy atom. The van der Waals surface area contributed by atoms with E-state index >= 15 is 0 Å². The second-order valence-electron chi connectivity index (χ2n) is 4.80. The summed E-state index contributed by atoms with van der Waals surface area (Å²) in [5.41, 5.74) is 2.01. The molecule has 1 aromatic carbocycles. The summed E-state index contributed by atoms with van der Waals surface area (Å²) in [6.45, 7) is 2.18. The summed E-state index contributed by atoms with van der Waals surface area (Å²) in [5.74, 6) is -0.958. The molecule has 1 N–H and O–H groups in total. The molecule has 0 radical (unpaired) electrons. The SMILES string of the molecule is CCCCCCc1cc(C(=O)O)nc2ccccc12.Cl. The zero-order chi connectivity index (χ0) is 13.7. The number of carbonyl (C=O) groups is 1. The Hall–Kier alpha value is -1.61. The van der Waals surface area contributed by atoms with E-state index in [1.807, 2.05) is 24.3 Å². The monoisotopic (exact) mass is 293 g/mol. The first kappa shape index (κ1) is 16.4. The molecule has 108 valence electrons. The topological polar surface area (TPSA) is 50.2 Å². The minimum absolute atomic E-state index is 0. The summed E-state index contributed by atoms with van der Waals surface area (Å²) in [6, 6.07) is 9.47. The summed E-state index contributed by atoms with van der Waals surface area (Å²) in [7, 11) is 0. The lowest BCUT2D eigenvalue weighted by Gasteiger charge is -2.07. The van der Waals surface area contributed by atoms with Gasteiger partial charge >= 0.3 is 5.97 Å². The zero-order valence-corrected chi connectivity index (χ0v) is 12.4. The van der Waals surface area contributed by atoms with Crippen LogP contribution in [0.25, 0.3) is 10.9 Å². The fourth-order valence-corrected chi connectivity index (χ4v) is 2.31. The number of para-hydroxylation sites is 1. The third-order valence-electron chi connectivity index (χ3n) is 3.32. The molecule has 20 heavy (non-hydrogen) atoms. The maximum Gasteiger partial charge on any atom is 0.354 e. The number of benzene rings is 1. The molecule has 1 aromatic heterocycles. The number of pyridine rings is 1. The van der Waals surface area contributed by atoms with Gasteiger partial charge in [0.2, 0.25) is 0 Å². The van der Waals surface area contributed by atoms with Crippen LogP contribution in [0.2, 0.25) is 0 Å². The molecule has 4 heteroatoms. The van der Waals surface area contributed by atoms with Crippen molar-refractivity contribution in [3.8, 4) is 0 Å². The van der Waals surface area contributed by atoms with Crippen LogP contribution in [0.5, 0.6) is 0 Å². The molecule has 0 aliphatic rings. The van der Waals surface area contributed by atoms with Crippen LogP contribution in [-0.2, 0) is 6.42 Å². The van der Waals surface area contributed by atoms with Crippen molar-refractivity contribution in [2.45, 2.75) is 39.0 Å². The van der Waals surface area contributed by atoms with Gasteiger partial charge < -0.3 is 5.11 Å². The Morgan fingerprint density at radius 1 is 1.20 bits per heavy atom. The molecular weight excluding hydrogens is 274 g/mol. The van der Waals surface area contributed by atoms with E-state index < -0.39 is 5.97 Å². The van der Waals surface area contributed by atoms with Crippen molar-refractivity contribution in [1.29, 1.82) is 0 Å². The van der Waals surface area contributed by atoms with Crippen LogP contribution in [0, 0.1) is 0 Å². The Labute approximate surface area is 125 Å². The van der Waals surface area contributed by atoms with E-state index in [4.69, 9.17) is 5.11 Å². The number of hydrogen-bond donors (Lipinski definition) is 1. The van der Waals surface area contributed by atoms with Gasteiger partial charge in [-0.3, -0.25) is 0 Å². The number of hydrogen-bond acceptors (Lipinski definition) is 2. The molecule has 2 rings (SSSR count). The molecular formula is C16H20ClNO2. The Balaban J connectivity index is 0.00000200. The van der Waals surface area contributed by atoms with Crippen molar-refractivity contribution in [3.05, 3.63) is 41.6 Å². The Bertz CT molecular complexity index is 584. The average molecular weight is 294 g/mol. The van der Waals surface area contributed by atoms with E-state index in [0.29, 0.717) is 0 Å². The van der Waals surface area contributed by atoms with E-state index in [9.17, 15) is 4.79 Å². The van der Waals surface area contributed by atoms with Gasteiger partial charge in [0, 0.05) is 5.39 Å². The van der Waals surface area contributed by atoms with E-state index in [1.54, 1.807) is 6.07 Å². The lowest BCUT2D eigenvalue weighted by molar-refractivity contribution is 0.0691. The maximum atomic E-state index is 11.1. The van der Waals surface area contributed by atoms with Crippen LogP contribution < -0.4 is 0 Å². The van der Waals surface area contributed by atoms with Gasteiger partial charge in [0.15, 0.2) is 0 Å². The third kappa shape index (κ3) is 3.94. The number of carboxylic acids is 1. The average Bonchev–Trinajstić information content (AvgIpc) is 2.43. The Kier molecular flexibility index (Phi) is 6.46. The van der Waals surface area contributed by atoms with Gasteiger partial charge in [-0.1, -0.05) is 44.4 Å². The molecule has 0 atom stereocenters. The summed E-state index contributed by atoms with van der Waals surface area (Å²) in [6.07, 6.45) is 5.64. The predicted octanol–water partition coefficient (Wildman–Crippen LogP) is 4.48. The zero-order valence-electron chi connectivity index (χ0n) is 11.6. The maximum absolute atomic E-state index is 11.1. The largest absolute Gasteiger partial charge is 0.477 e. The molecule has 3 nitrogen and oxygen atoms in total. The second kappa shape index (κ2) is 7.85. The minimum Gasteiger partial charge on any atom is -0.477 e. The highest BCUT2D eigenvalue weighted by atomic mass is 35.5. The van der Waals surface area contributed by atoms with Crippen LogP contribution >= 0.6 is 12.4 Å². The first-order chi connectivity index (χ1) is 9.22. The molecule has 0 aliphatic carbocycles. The van der Waals surface area contributed by atoms with E-state index in [1.165, 1.54) is 19.3 Å². The summed E-state index contributed by atoms with van der Waals surface area (Å²) in [5, 5.41) is 10.2. The molecule has 0 unspecified atom stereocenters. The normalized spacial score (nSPS) is 10.2. The van der Waals surface area contributed by atoms with Crippen molar-refractivity contribution in [1.82, 2.24) is 4.98 Å². The fraction of sp³-hybridized carbons (Fsp3) is 0.375. The number of unbranched alkanes of at least 4 members (excludes halogenated alkanes) is 3. The minimum atomic E-state index is -0.958. The highest BCUT2D eigenvalue weighted by Gasteiger charge is 2.10. The highest BCUT2D eigenvalue weighted by molar-refractivity contribution is 5.91. The summed E-state index contributed by atoms with van der Waals surface area (Å²) < 4.78 is 0. The molecule has 2 aromatic rings. The van der Waals surface area contributed by atoms with Crippen LogP contribution in [0.15, 0.2) is 30.3 Å². The van der Waals surface area contributed by atoms with Crippen LogP contribution in [0.3, 0.4) is 0 Å². The summed E-state index contributed by atoms with van der Waals surface area (Å²) in [4.78, 5) is 15.3. The lowest BCUT2D eigenvalue weighted by Crippen LogP contribution is -2.02. The number of aromatic nitrogens is 1. The van der Waals surface area contributed by atoms with Crippen molar-refractivity contribution in [3.63, 3.8) is 0 Å². The number of aryl methyl sites for hydroxylation is 1. The Morgan fingerprint density at radius 2 is 1.95 bits per heavy atom. The van der Waals surface area contributed by atoms with Crippen molar-refractivity contribution in [2.24, 2.45) is 0 Å². The van der Waals surface area contributed by atoms with Gasteiger partial charge in [-0.15, -0.1) is 12.4 Å². The van der Waals surface area contributed by atoms with Gasteiger partial charge in [0.25, 0.3) is 0 Å². The molecule has 0 amide bonds.